The molecule has 1 aliphatic carbocycles. The van der Waals surface area contributed by atoms with Crippen LogP contribution in [-0.2, 0) is 10.2 Å². The van der Waals surface area contributed by atoms with Crippen LogP contribution in [0.25, 0.3) is 34.1 Å². The summed E-state index contributed by atoms with van der Waals surface area (Å²) in [6, 6.07) is 39.7. The summed E-state index contributed by atoms with van der Waals surface area (Å²) in [5.74, 6) is -0.431. The van der Waals surface area contributed by atoms with Crippen molar-refractivity contribution < 1.29 is 14.6 Å². The molecule has 180 valence electrons. The monoisotopic (exact) mass is 482 g/mol. The largest absolute Gasteiger partial charge is 0.481 e. The lowest BCUT2D eigenvalue weighted by Gasteiger charge is -2.33. The van der Waals surface area contributed by atoms with Crippen molar-refractivity contribution in [3.8, 4) is 16.9 Å². The van der Waals surface area contributed by atoms with Gasteiger partial charge in [0, 0.05) is 11.0 Å². The summed E-state index contributed by atoms with van der Waals surface area (Å²) in [5.41, 5.74) is 4.08. The summed E-state index contributed by atoms with van der Waals surface area (Å²) in [6.45, 7) is -0.395. The van der Waals surface area contributed by atoms with E-state index in [-0.39, 0.29) is 5.41 Å². The summed E-state index contributed by atoms with van der Waals surface area (Å²) in [6.07, 6.45) is 5.56. The average molecular weight is 483 g/mol. The van der Waals surface area contributed by atoms with Crippen molar-refractivity contribution in [3.63, 3.8) is 0 Å². The molecule has 5 aromatic carbocycles. The van der Waals surface area contributed by atoms with Crippen LogP contribution in [0, 0.1) is 0 Å². The second-order valence-electron chi connectivity index (χ2n) is 9.41. The zero-order valence-corrected chi connectivity index (χ0v) is 20.3. The van der Waals surface area contributed by atoms with Crippen LogP contribution in [-0.4, -0.2) is 17.7 Å². The number of carboxylic acid groups (broad SMARTS) is 1. The lowest BCUT2D eigenvalue weighted by molar-refractivity contribution is -0.139. The molecule has 0 saturated carbocycles. The number of aliphatic carboxylic acids is 1. The second kappa shape index (κ2) is 9.44. The highest BCUT2D eigenvalue weighted by Crippen LogP contribution is 2.40. The highest BCUT2D eigenvalue weighted by atomic mass is 16.5. The van der Waals surface area contributed by atoms with E-state index in [2.05, 4.69) is 103 Å². The van der Waals surface area contributed by atoms with Gasteiger partial charge in [0.2, 0.25) is 0 Å². The molecular formula is C34H26O3. The SMILES string of the molecule is O=C(O)COc1ccc2ccccc2c1-c1cccc2c1=CC(c1ccccc1)(c1ccccc1)CC=2. The maximum absolute atomic E-state index is 11.4. The number of hydrogen-bond acceptors (Lipinski definition) is 2. The van der Waals surface area contributed by atoms with E-state index in [1.807, 2.05) is 24.3 Å². The van der Waals surface area contributed by atoms with Crippen LogP contribution in [0.3, 0.4) is 0 Å². The molecule has 0 unspecified atom stereocenters. The van der Waals surface area contributed by atoms with Gasteiger partial charge in [0.25, 0.3) is 0 Å². The van der Waals surface area contributed by atoms with E-state index in [0.717, 1.165) is 38.8 Å². The molecule has 37 heavy (non-hydrogen) atoms. The second-order valence-corrected chi connectivity index (χ2v) is 9.41. The van der Waals surface area contributed by atoms with Crippen molar-refractivity contribution in [2.75, 3.05) is 6.61 Å². The quantitative estimate of drug-likeness (QED) is 0.327. The third-order valence-corrected chi connectivity index (χ3v) is 7.26. The van der Waals surface area contributed by atoms with Crippen molar-refractivity contribution in [1.29, 1.82) is 0 Å². The molecule has 3 nitrogen and oxygen atoms in total. The van der Waals surface area contributed by atoms with Gasteiger partial charge in [0.05, 0.1) is 0 Å². The van der Waals surface area contributed by atoms with Crippen LogP contribution in [0.2, 0.25) is 0 Å². The molecule has 0 spiro atoms. The molecular weight excluding hydrogens is 456 g/mol. The smallest absolute Gasteiger partial charge is 0.341 e. The first-order chi connectivity index (χ1) is 18.2. The first kappa shape index (κ1) is 22.8. The first-order valence-corrected chi connectivity index (χ1v) is 12.5. The highest BCUT2D eigenvalue weighted by Gasteiger charge is 2.33. The Kier molecular flexibility index (Phi) is 5.82. The van der Waals surface area contributed by atoms with Crippen LogP contribution in [0.4, 0.5) is 0 Å². The Morgan fingerprint density at radius 3 is 2.14 bits per heavy atom. The fourth-order valence-corrected chi connectivity index (χ4v) is 5.55. The Hall–Kier alpha value is -4.63. The number of benzene rings is 5. The predicted molar refractivity (Wildman–Crippen MR) is 149 cm³/mol. The van der Waals surface area contributed by atoms with Crippen molar-refractivity contribution >= 4 is 28.9 Å². The van der Waals surface area contributed by atoms with Crippen molar-refractivity contribution in [1.82, 2.24) is 0 Å². The van der Waals surface area contributed by atoms with E-state index >= 15 is 0 Å². The summed E-state index contributed by atoms with van der Waals surface area (Å²) in [4.78, 5) is 11.4. The molecule has 0 radical (unpaired) electrons. The zero-order valence-electron chi connectivity index (χ0n) is 20.3. The van der Waals surface area contributed by atoms with Crippen molar-refractivity contribution in [3.05, 3.63) is 137 Å². The third-order valence-electron chi connectivity index (χ3n) is 7.26. The molecule has 0 aliphatic heterocycles. The minimum atomic E-state index is -0.999. The average Bonchev–Trinajstić information content (AvgIpc) is 2.96. The van der Waals surface area contributed by atoms with E-state index in [9.17, 15) is 9.90 Å². The van der Waals surface area contributed by atoms with Crippen LogP contribution in [0.1, 0.15) is 17.5 Å². The molecule has 0 heterocycles. The summed E-state index contributed by atoms with van der Waals surface area (Å²) in [7, 11) is 0. The van der Waals surface area contributed by atoms with E-state index in [1.165, 1.54) is 11.1 Å². The topological polar surface area (TPSA) is 46.5 Å². The Labute approximate surface area is 215 Å². The van der Waals surface area contributed by atoms with E-state index < -0.39 is 12.6 Å². The molecule has 1 aliphatic rings. The minimum Gasteiger partial charge on any atom is -0.481 e. The fraction of sp³-hybridized carbons (Fsp3) is 0.0882. The molecule has 0 bridgehead atoms. The highest BCUT2D eigenvalue weighted by molar-refractivity contribution is 6.00. The number of rotatable bonds is 6. The van der Waals surface area contributed by atoms with Gasteiger partial charge in [-0.1, -0.05) is 121 Å². The van der Waals surface area contributed by atoms with E-state index in [0.29, 0.717) is 5.75 Å². The normalized spacial score (nSPS) is 13.7. The Balaban J connectivity index is 1.68. The Bertz CT molecular complexity index is 1680. The maximum Gasteiger partial charge on any atom is 0.341 e. The Morgan fingerprint density at radius 1 is 0.757 bits per heavy atom. The van der Waals surface area contributed by atoms with Gasteiger partial charge < -0.3 is 9.84 Å². The molecule has 0 atom stereocenters. The van der Waals surface area contributed by atoms with Gasteiger partial charge >= 0.3 is 5.97 Å². The summed E-state index contributed by atoms with van der Waals surface area (Å²) >= 11 is 0. The van der Waals surface area contributed by atoms with Crippen LogP contribution in [0.5, 0.6) is 5.75 Å². The van der Waals surface area contributed by atoms with Crippen molar-refractivity contribution in [2.24, 2.45) is 0 Å². The van der Waals surface area contributed by atoms with Crippen LogP contribution >= 0.6 is 0 Å². The fourth-order valence-electron chi connectivity index (χ4n) is 5.55. The standard InChI is InChI=1S/C34H26O3/c35-32(36)23-37-31-19-18-24-10-7-8-16-28(24)33(31)29-17-9-11-25-20-21-34(22-30(25)29,26-12-3-1-4-13-26)27-14-5-2-6-15-27/h1-20,22H,21,23H2,(H,35,36). The van der Waals surface area contributed by atoms with Gasteiger partial charge in [-0.3, -0.25) is 0 Å². The number of hydrogen-bond donors (Lipinski definition) is 1. The third kappa shape index (κ3) is 4.09. The van der Waals surface area contributed by atoms with Crippen LogP contribution < -0.4 is 15.2 Å². The molecule has 5 aromatic rings. The van der Waals surface area contributed by atoms with E-state index in [1.54, 1.807) is 0 Å². The predicted octanol–water partition coefficient (Wildman–Crippen LogP) is 5.92. The van der Waals surface area contributed by atoms with Crippen LogP contribution in [0.15, 0.2) is 115 Å². The molecule has 1 N–H and O–H groups in total. The Morgan fingerprint density at radius 2 is 1.43 bits per heavy atom. The van der Waals surface area contributed by atoms with Gasteiger partial charge in [0.15, 0.2) is 6.61 Å². The molecule has 0 fully saturated rings. The number of carbonyl (C=O) groups is 1. The van der Waals surface area contributed by atoms with Crippen molar-refractivity contribution in [2.45, 2.75) is 11.8 Å². The molecule has 6 rings (SSSR count). The van der Waals surface area contributed by atoms with E-state index in [4.69, 9.17) is 4.74 Å². The van der Waals surface area contributed by atoms with Gasteiger partial charge in [-0.05, 0) is 50.4 Å². The lowest BCUT2D eigenvalue weighted by atomic mass is 9.69. The minimum absolute atomic E-state index is 0.335. The molecule has 0 amide bonds. The zero-order chi connectivity index (χ0) is 25.2. The summed E-state index contributed by atoms with van der Waals surface area (Å²) < 4.78 is 5.85. The lowest BCUT2D eigenvalue weighted by Crippen LogP contribution is -2.38. The van der Waals surface area contributed by atoms with Gasteiger partial charge in [0.1, 0.15) is 5.75 Å². The van der Waals surface area contributed by atoms with Gasteiger partial charge in [-0.25, -0.2) is 4.79 Å². The first-order valence-electron chi connectivity index (χ1n) is 12.5. The summed E-state index contributed by atoms with van der Waals surface area (Å²) in [5, 5.41) is 13.7. The molecule has 0 aromatic heterocycles. The molecule has 3 heteroatoms. The maximum atomic E-state index is 11.4. The van der Waals surface area contributed by atoms with Gasteiger partial charge in [-0.2, -0.15) is 0 Å². The molecule has 0 saturated heterocycles. The number of ether oxygens (including phenoxy) is 1. The number of carboxylic acids is 1. The number of fused-ring (bicyclic) bond motifs is 2. The van der Waals surface area contributed by atoms with Gasteiger partial charge in [-0.15, -0.1) is 0 Å².